The maximum Gasteiger partial charge on any atom is 0.265 e. The molecule has 2 aromatic carbocycles. The number of carbonyl (C=O) groups is 1. The number of amides is 1. The zero-order chi connectivity index (χ0) is 16.3. The molecule has 0 aliphatic heterocycles. The first-order valence-corrected chi connectivity index (χ1v) is 6.56. The maximum absolute atomic E-state index is 13.5. The molecule has 3 nitrogen and oxygen atoms in total. The van der Waals surface area contributed by atoms with Gasteiger partial charge in [-0.2, -0.15) is 0 Å². The molecule has 2 aromatic rings. The molecular weight excluding hydrogens is 295 g/mol. The SMILES string of the molecule is Cc1ccccc1O[C@@H](C)C(=O)Nc1ccc(F)c(F)c1F. The third kappa shape index (κ3) is 3.39. The van der Waals surface area contributed by atoms with Crippen LogP contribution in [0.25, 0.3) is 0 Å². The zero-order valence-electron chi connectivity index (χ0n) is 12.0. The molecule has 0 aliphatic carbocycles. The van der Waals surface area contributed by atoms with Gasteiger partial charge in [0.15, 0.2) is 23.6 Å². The molecule has 0 aliphatic rings. The highest BCUT2D eigenvalue weighted by Gasteiger charge is 2.20. The van der Waals surface area contributed by atoms with Crippen molar-refractivity contribution in [1.29, 1.82) is 0 Å². The van der Waals surface area contributed by atoms with E-state index in [1.54, 1.807) is 12.1 Å². The number of nitrogens with one attached hydrogen (secondary N) is 1. The normalized spacial score (nSPS) is 11.9. The number of ether oxygens (including phenoxy) is 1. The molecule has 6 heteroatoms. The molecular formula is C16H14F3NO2. The van der Waals surface area contributed by atoms with Gasteiger partial charge in [0.25, 0.3) is 5.91 Å². The number of aryl methyl sites for hydroxylation is 1. The number of para-hydroxylation sites is 1. The van der Waals surface area contributed by atoms with Gasteiger partial charge in [-0.1, -0.05) is 18.2 Å². The van der Waals surface area contributed by atoms with Gasteiger partial charge in [0.1, 0.15) is 5.75 Å². The van der Waals surface area contributed by atoms with Gasteiger partial charge in [-0.05, 0) is 37.6 Å². The molecule has 0 fully saturated rings. The lowest BCUT2D eigenvalue weighted by Gasteiger charge is -2.16. The number of carbonyl (C=O) groups excluding carboxylic acids is 1. The third-order valence-electron chi connectivity index (χ3n) is 3.06. The topological polar surface area (TPSA) is 38.3 Å². The van der Waals surface area contributed by atoms with Gasteiger partial charge in [0, 0.05) is 0 Å². The number of halogens is 3. The van der Waals surface area contributed by atoms with Gasteiger partial charge < -0.3 is 10.1 Å². The fourth-order valence-electron chi connectivity index (χ4n) is 1.79. The van der Waals surface area contributed by atoms with E-state index >= 15 is 0 Å². The van der Waals surface area contributed by atoms with Crippen molar-refractivity contribution in [2.45, 2.75) is 20.0 Å². The second kappa shape index (κ2) is 6.51. The second-order valence-corrected chi connectivity index (χ2v) is 4.74. The van der Waals surface area contributed by atoms with Crippen molar-refractivity contribution in [2.24, 2.45) is 0 Å². The van der Waals surface area contributed by atoms with Crippen molar-refractivity contribution < 1.29 is 22.7 Å². The highest BCUT2D eigenvalue weighted by Crippen LogP contribution is 2.21. The Morgan fingerprint density at radius 3 is 2.45 bits per heavy atom. The Morgan fingerprint density at radius 1 is 1.09 bits per heavy atom. The molecule has 0 saturated heterocycles. The Labute approximate surface area is 125 Å². The molecule has 22 heavy (non-hydrogen) atoms. The van der Waals surface area contributed by atoms with Crippen molar-refractivity contribution in [3.05, 3.63) is 59.4 Å². The van der Waals surface area contributed by atoms with E-state index in [2.05, 4.69) is 5.32 Å². The highest BCUT2D eigenvalue weighted by atomic mass is 19.2. The molecule has 2 rings (SSSR count). The second-order valence-electron chi connectivity index (χ2n) is 4.74. The van der Waals surface area contributed by atoms with Crippen molar-refractivity contribution >= 4 is 11.6 Å². The number of benzene rings is 2. The van der Waals surface area contributed by atoms with Crippen molar-refractivity contribution in [3.8, 4) is 5.75 Å². The monoisotopic (exact) mass is 309 g/mol. The van der Waals surface area contributed by atoms with Crippen LogP contribution in [-0.4, -0.2) is 12.0 Å². The van der Waals surface area contributed by atoms with E-state index in [9.17, 15) is 18.0 Å². The molecule has 0 saturated carbocycles. The van der Waals surface area contributed by atoms with Crippen LogP contribution >= 0.6 is 0 Å². The Balaban J connectivity index is 2.09. The first-order valence-electron chi connectivity index (χ1n) is 6.56. The fraction of sp³-hybridized carbons (Fsp3) is 0.188. The number of hydrogen-bond acceptors (Lipinski definition) is 2. The van der Waals surface area contributed by atoms with Gasteiger partial charge in [0.05, 0.1) is 5.69 Å². The largest absolute Gasteiger partial charge is 0.481 e. The Bertz CT molecular complexity index is 704. The highest BCUT2D eigenvalue weighted by molar-refractivity contribution is 5.94. The molecule has 1 amide bonds. The van der Waals surface area contributed by atoms with Crippen LogP contribution in [0.1, 0.15) is 12.5 Å². The number of anilines is 1. The summed E-state index contributed by atoms with van der Waals surface area (Å²) in [6.45, 7) is 3.29. The van der Waals surface area contributed by atoms with E-state index in [1.165, 1.54) is 6.92 Å². The van der Waals surface area contributed by atoms with Crippen LogP contribution in [0.4, 0.5) is 18.9 Å². The van der Waals surface area contributed by atoms with Crippen LogP contribution < -0.4 is 10.1 Å². The third-order valence-corrected chi connectivity index (χ3v) is 3.06. The predicted molar refractivity (Wildman–Crippen MR) is 76.2 cm³/mol. The van der Waals surface area contributed by atoms with Crippen LogP contribution in [0.2, 0.25) is 0 Å². The summed E-state index contributed by atoms with van der Waals surface area (Å²) in [4.78, 5) is 12.0. The fourth-order valence-corrected chi connectivity index (χ4v) is 1.79. The molecule has 0 aromatic heterocycles. The van der Waals surface area contributed by atoms with Gasteiger partial charge in [-0.3, -0.25) is 4.79 Å². The van der Waals surface area contributed by atoms with Crippen LogP contribution in [0.5, 0.6) is 5.75 Å². The lowest BCUT2D eigenvalue weighted by Crippen LogP contribution is -2.30. The average molecular weight is 309 g/mol. The number of hydrogen-bond donors (Lipinski definition) is 1. The van der Waals surface area contributed by atoms with Crippen molar-refractivity contribution in [2.75, 3.05) is 5.32 Å². The van der Waals surface area contributed by atoms with E-state index in [0.29, 0.717) is 5.75 Å². The Hall–Kier alpha value is -2.50. The molecule has 1 atom stereocenters. The summed E-state index contributed by atoms with van der Waals surface area (Å²) < 4.78 is 44.9. The predicted octanol–water partition coefficient (Wildman–Crippen LogP) is 3.82. The van der Waals surface area contributed by atoms with Crippen LogP contribution in [-0.2, 0) is 4.79 Å². The van der Waals surface area contributed by atoms with E-state index in [0.717, 1.165) is 17.7 Å². The molecule has 0 spiro atoms. The molecule has 0 heterocycles. The first-order chi connectivity index (χ1) is 10.4. The molecule has 0 radical (unpaired) electrons. The van der Waals surface area contributed by atoms with Gasteiger partial charge in [-0.25, -0.2) is 13.2 Å². The maximum atomic E-state index is 13.5. The van der Waals surface area contributed by atoms with Gasteiger partial charge in [-0.15, -0.1) is 0 Å². The minimum absolute atomic E-state index is 0.441. The Morgan fingerprint density at radius 2 is 1.77 bits per heavy atom. The summed E-state index contributed by atoms with van der Waals surface area (Å²) in [6, 6.07) is 8.77. The molecule has 0 unspecified atom stereocenters. The minimum atomic E-state index is -1.63. The van der Waals surface area contributed by atoms with E-state index in [1.807, 2.05) is 19.1 Å². The van der Waals surface area contributed by atoms with Crippen LogP contribution in [0.3, 0.4) is 0 Å². The summed E-state index contributed by atoms with van der Waals surface area (Å²) in [5, 5.41) is 2.17. The van der Waals surface area contributed by atoms with Crippen molar-refractivity contribution in [1.82, 2.24) is 0 Å². The summed E-state index contributed by atoms with van der Waals surface area (Å²) in [5.74, 6) is -4.56. The Kier molecular flexibility index (Phi) is 4.70. The summed E-state index contributed by atoms with van der Waals surface area (Å²) in [7, 11) is 0. The van der Waals surface area contributed by atoms with Crippen LogP contribution in [0.15, 0.2) is 36.4 Å². The first kappa shape index (κ1) is 15.9. The van der Waals surface area contributed by atoms with Crippen LogP contribution in [0, 0.1) is 24.4 Å². The smallest absolute Gasteiger partial charge is 0.265 e. The van der Waals surface area contributed by atoms with E-state index in [4.69, 9.17) is 4.74 Å². The summed E-state index contributed by atoms with van der Waals surface area (Å²) in [5.41, 5.74) is 0.394. The summed E-state index contributed by atoms with van der Waals surface area (Å²) in [6.07, 6.45) is -0.936. The average Bonchev–Trinajstić information content (AvgIpc) is 2.50. The molecule has 0 bridgehead atoms. The van der Waals surface area contributed by atoms with Gasteiger partial charge in [0.2, 0.25) is 0 Å². The van der Waals surface area contributed by atoms with Gasteiger partial charge >= 0.3 is 0 Å². The standard InChI is InChI=1S/C16H14F3NO2/c1-9-5-3-4-6-13(9)22-10(2)16(21)20-12-8-7-11(17)14(18)15(12)19/h3-8,10H,1-2H3,(H,20,21)/t10-/m0/s1. The minimum Gasteiger partial charge on any atom is -0.481 e. The van der Waals surface area contributed by atoms with Crippen molar-refractivity contribution in [3.63, 3.8) is 0 Å². The quantitative estimate of drug-likeness (QED) is 0.872. The lowest BCUT2D eigenvalue weighted by atomic mass is 10.2. The summed E-state index contributed by atoms with van der Waals surface area (Å²) >= 11 is 0. The van der Waals surface area contributed by atoms with E-state index in [-0.39, 0.29) is 0 Å². The molecule has 116 valence electrons. The molecule has 1 N–H and O–H groups in total. The lowest BCUT2D eigenvalue weighted by molar-refractivity contribution is -0.122. The number of rotatable bonds is 4. The zero-order valence-corrected chi connectivity index (χ0v) is 12.0. The van der Waals surface area contributed by atoms with E-state index < -0.39 is 35.2 Å².